The first kappa shape index (κ1) is 10.8. The first-order chi connectivity index (χ1) is 3.56. The molecule has 0 rings (SSSR count). The van der Waals surface area contributed by atoms with Gasteiger partial charge in [0.05, 0.1) is 0 Å². The molecule has 0 saturated heterocycles. The lowest BCUT2D eigenvalue weighted by molar-refractivity contribution is 0.228. The molecule has 0 aromatic heterocycles. The first-order valence-electron chi connectivity index (χ1n) is 2.95. The van der Waals surface area contributed by atoms with Crippen LogP contribution in [0.15, 0.2) is 0 Å². The van der Waals surface area contributed by atoms with Gasteiger partial charge in [0.15, 0.2) is 0 Å². The second-order valence-electron chi connectivity index (χ2n) is 1.92. The SMILES string of the molecule is CC.CC(C)(F)CN. The Hall–Kier alpha value is -0.110. The van der Waals surface area contributed by atoms with E-state index in [0.717, 1.165) is 0 Å². The first-order valence-corrected chi connectivity index (χ1v) is 2.95. The van der Waals surface area contributed by atoms with Crippen molar-refractivity contribution in [2.45, 2.75) is 33.4 Å². The van der Waals surface area contributed by atoms with E-state index in [1.165, 1.54) is 13.8 Å². The highest BCUT2D eigenvalue weighted by Crippen LogP contribution is 2.02. The zero-order chi connectivity index (χ0) is 7.21. The number of hydrogen-bond acceptors (Lipinski definition) is 1. The normalized spacial score (nSPS) is 9.75. The molecule has 0 radical (unpaired) electrons. The minimum atomic E-state index is -1.18. The van der Waals surface area contributed by atoms with E-state index in [0.29, 0.717) is 0 Å². The van der Waals surface area contributed by atoms with Crippen LogP contribution in [0.5, 0.6) is 0 Å². The maximum Gasteiger partial charge on any atom is 0.117 e. The highest BCUT2D eigenvalue weighted by molar-refractivity contribution is 4.64. The summed E-state index contributed by atoms with van der Waals surface area (Å²) in [4.78, 5) is 0. The van der Waals surface area contributed by atoms with E-state index in [1.54, 1.807) is 0 Å². The van der Waals surface area contributed by atoms with Gasteiger partial charge < -0.3 is 5.73 Å². The predicted octanol–water partition coefficient (Wildman–Crippen LogP) is 1.72. The molecule has 2 heteroatoms. The molecule has 0 aromatic rings. The van der Waals surface area contributed by atoms with Crippen molar-refractivity contribution >= 4 is 0 Å². The molecule has 0 spiro atoms. The predicted molar refractivity (Wildman–Crippen MR) is 35.6 cm³/mol. The lowest BCUT2D eigenvalue weighted by Gasteiger charge is -2.07. The lowest BCUT2D eigenvalue weighted by atomic mass is 10.2. The Balaban J connectivity index is 0. The summed E-state index contributed by atoms with van der Waals surface area (Å²) in [6.45, 7) is 7.01. The summed E-state index contributed by atoms with van der Waals surface area (Å²) in [5.74, 6) is 0. The van der Waals surface area contributed by atoms with Gasteiger partial charge in [-0.2, -0.15) is 0 Å². The molecule has 2 N–H and O–H groups in total. The minimum Gasteiger partial charge on any atom is -0.328 e. The standard InChI is InChI=1S/C4H10FN.C2H6/c1-4(2,5)3-6;1-2/h3,6H2,1-2H3;1-2H3. The van der Waals surface area contributed by atoms with Gasteiger partial charge in [-0.1, -0.05) is 13.8 Å². The van der Waals surface area contributed by atoms with Gasteiger partial charge in [0.25, 0.3) is 0 Å². The third kappa shape index (κ3) is 16.9. The molecule has 0 fully saturated rings. The van der Waals surface area contributed by atoms with Crippen molar-refractivity contribution in [3.05, 3.63) is 0 Å². The summed E-state index contributed by atoms with van der Waals surface area (Å²) in [5, 5.41) is 0. The smallest absolute Gasteiger partial charge is 0.117 e. The van der Waals surface area contributed by atoms with Crippen molar-refractivity contribution in [2.75, 3.05) is 6.54 Å². The van der Waals surface area contributed by atoms with Gasteiger partial charge >= 0.3 is 0 Å². The van der Waals surface area contributed by atoms with E-state index >= 15 is 0 Å². The maximum atomic E-state index is 12.0. The summed E-state index contributed by atoms with van der Waals surface area (Å²) in [6.07, 6.45) is 0. The van der Waals surface area contributed by atoms with Crippen LogP contribution in [0.25, 0.3) is 0 Å². The van der Waals surface area contributed by atoms with Gasteiger partial charge in [0, 0.05) is 6.54 Å². The second-order valence-corrected chi connectivity index (χ2v) is 1.92. The van der Waals surface area contributed by atoms with Crippen molar-refractivity contribution in [2.24, 2.45) is 5.73 Å². The molecule has 0 aliphatic heterocycles. The van der Waals surface area contributed by atoms with Crippen LogP contribution in [0.2, 0.25) is 0 Å². The molecular weight excluding hydrogens is 105 g/mol. The molecule has 0 bridgehead atoms. The van der Waals surface area contributed by atoms with Crippen LogP contribution in [0.1, 0.15) is 27.7 Å². The molecule has 1 nitrogen and oxygen atoms in total. The summed E-state index contributed by atoms with van der Waals surface area (Å²) in [7, 11) is 0. The fraction of sp³-hybridized carbons (Fsp3) is 1.00. The van der Waals surface area contributed by atoms with Crippen molar-refractivity contribution in [3.63, 3.8) is 0 Å². The van der Waals surface area contributed by atoms with Crippen LogP contribution in [0.3, 0.4) is 0 Å². The Labute approximate surface area is 51.1 Å². The second kappa shape index (κ2) is 5.04. The third-order valence-corrected chi connectivity index (χ3v) is 0.485. The summed E-state index contributed by atoms with van der Waals surface area (Å²) in [5.41, 5.74) is 3.75. The number of halogens is 1. The summed E-state index contributed by atoms with van der Waals surface area (Å²) < 4.78 is 12.0. The lowest BCUT2D eigenvalue weighted by Crippen LogP contribution is -2.24. The summed E-state index contributed by atoms with van der Waals surface area (Å²) in [6, 6.07) is 0. The Morgan fingerprint density at radius 1 is 1.38 bits per heavy atom. The van der Waals surface area contributed by atoms with Crippen LogP contribution in [-0.4, -0.2) is 12.2 Å². The van der Waals surface area contributed by atoms with Crippen molar-refractivity contribution in [1.82, 2.24) is 0 Å². The Morgan fingerprint density at radius 2 is 1.50 bits per heavy atom. The number of hydrogen-bond donors (Lipinski definition) is 1. The monoisotopic (exact) mass is 121 g/mol. The summed E-state index contributed by atoms with van der Waals surface area (Å²) >= 11 is 0. The number of alkyl halides is 1. The highest BCUT2D eigenvalue weighted by Gasteiger charge is 2.09. The average molecular weight is 121 g/mol. The minimum absolute atomic E-state index is 0.104. The van der Waals surface area contributed by atoms with E-state index in [2.05, 4.69) is 0 Å². The van der Waals surface area contributed by atoms with Crippen LogP contribution in [-0.2, 0) is 0 Å². The third-order valence-electron chi connectivity index (χ3n) is 0.485. The van der Waals surface area contributed by atoms with E-state index in [9.17, 15) is 4.39 Å². The Kier molecular flexibility index (Phi) is 6.80. The Morgan fingerprint density at radius 3 is 1.50 bits per heavy atom. The number of nitrogens with two attached hydrogens (primary N) is 1. The highest BCUT2D eigenvalue weighted by atomic mass is 19.1. The zero-order valence-corrected chi connectivity index (χ0v) is 6.16. The van der Waals surface area contributed by atoms with Crippen molar-refractivity contribution in [1.29, 1.82) is 0 Å². The topological polar surface area (TPSA) is 26.0 Å². The molecule has 0 saturated carbocycles. The maximum absolute atomic E-state index is 12.0. The van der Waals surface area contributed by atoms with E-state index < -0.39 is 5.67 Å². The van der Waals surface area contributed by atoms with Crippen LogP contribution in [0, 0.1) is 0 Å². The quantitative estimate of drug-likeness (QED) is 0.561. The average Bonchev–Trinajstić information content (AvgIpc) is 1.71. The number of rotatable bonds is 1. The van der Waals surface area contributed by atoms with Gasteiger partial charge in [-0.15, -0.1) is 0 Å². The van der Waals surface area contributed by atoms with Gasteiger partial charge in [-0.25, -0.2) is 4.39 Å². The van der Waals surface area contributed by atoms with Crippen LogP contribution >= 0.6 is 0 Å². The van der Waals surface area contributed by atoms with Gasteiger partial charge in [0.1, 0.15) is 5.67 Å². The molecular formula is C6H16FN. The molecule has 0 aromatic carbocycles. The molecule has 8 heavy (non-hydrogen) atoms. The molecule has 0 amide bonds. The molecule has 0 unspecified atom stereocenters. The Bertz CT molecular complexity index is 38.3. The van der Waals surface area contributed by atoms with Gasteiger partial charge in [-0.05, 0) is 13.8 Å². The van der Waals surface area contributed by atoms with Gasteiger partial charge in [0.2, 0.25) is 0 Å². The van der Waals surface area contributed by atoms with Crippen LogP contribution in [0.4, 0.5) is 4.39 Å². The largest absolute Gasteiger partial charge is 0.328 e. The van der Waals surface area contributed by atoms with Crippen LogP contribution < -0.4 is 5.73 Å². The van der Waals surface area contributed by atoms with E-state index in [-0.39, 0.29) is 6.54 Å². The molecule has 0 aliphatic carbocycles. The fourth-order valence-corrected chi connectivity index (χ4v) is 0. The fourth-order valence-electron chi connectivity index (χ4n) is 0. The van der Waals surface area contributed by atoms with E-state index in [1.807, 2.05) is 13.8 Å². The molecule has 0 aliphatic rings. The van der Waals surface area contributed by atoms with Gasteiger partial charge in [-0.3, -0.25) is 0 Å². The van der Waals surface area contributed by atoms with Crippen molar-refractivity contribution in [3.8, 4) is 0 Å². The zero-order valence-electron chi connectivity index (χ0n) is 6.16. The molecule has 0 heterocycles. The molecule has 0 atom stereocenters. The molecule has 52 valence electrons. The van der Waals surface area contributed by atoms with E-state index in [4.69, 9.17) is 5.73 Å². The van der Waals surface area contributed by atoms with Crippen molar-refractivity contribution < 1.29 is 4.39 Å².